The van der Waals surface area contributed by atoms with Crippen molar-refractivity contribution in [3.63, 3.8) is 0 Å². The van der Waals surface area contributed by atoms with Crippen LogP contribution in [0.25, 0.3) is 0 Å². The van der Waals surface area contributed by atoms with E-state index in [1.807, 2.05) is 12.1 Å². The molecule has 1 aromatic heterocycles. The second kappa shape index (κ2) is 8.03. The Morgan fingerprint density at radius 2 is 2.03 bits per heavy atom. The third-order valence-corrected chi connectivity index (χ3v) is 6.44. The Balaban J connectivity index is 1.50. The standard InChI is InChI=1S/C22H24ClN3O3/c1-29-19-4-3-16(23)11-17(19)21(28)26-13-18(22(14-26)7-2-8-22)20(27)25-12-15-5-9-24-10-6-15/h3-6,9-11,18H,2,7-8,12-14H2,1H3,(H,25,27). The van der Waals surface area contributed by atoms with E-state index in [1.165, 1.54) is 7.11 Å². The Kier molecular flexibility index (Phi) is 5.46. The first-order valence-corrected chi connectivity index (χ1v) is 10.2. The number of carbonyl (C=O) groups is 2. The number of hydrogen-bond acceptors (Lipinski definition) is 4. The van der Waals surface area contributed by atoms with Gasteiger partial charge in [-0.3, -0.25) is 14.6 Å². The van der Waals surface area contributed by atoms with Gasteiger partial charge in [0.25, 0.3) is 5.91 Å². The predicted molar refractivity (Wildman–Crippen MR) is 110 cm³/mol. The van der Waals surface area contributed by atoms with Gasteiger partial charge < -0.3 is 15.0 Å². The van der Waals surface area contributed by atoms with Crippen LogP contribution in [0.15, 0.2) is 42.7 Å². The minimum Gasteiger partial charge on any atom is -0.496 e. The highest BCUT2D eigenvalue weighted by Crippen LogP contribution is 2.52. The number of rotatable bonds is 5. The number of amides is 2. The molecular formula is C22H24ClN3O3. The van der Waals surface area contributed by atoms with Crippen LogP contribution in [0.3, 0.4) is 0 Å². The summed E-state index contributed by atoms with van der Waals surface area (Å²) in [5.41, 5.74) is 1.32. The number of carbonyl (C=O) groups excluding carboxylic acids is 2. The van der Waals surface area contributed by atoms with Gasteiger partial charge in [0, 0.05) is 42.5 Å². The fraction of sp³-hybridized carbons (Fsp3) is 0.409. The summed E-state index contributed by atoms with van der Waals surface area (Å²) in [6.07, 6.45) is 6.46. The molecule has 1 aliphatic heterocycles. The number of methoxy groups -OCH3 is 1. The van der Waals surface area contributed by atoms with Crippen LogP contribution in [-0.2, 0) is 11.3 Å². The summed E-state index contributed by atoms with van der Waals surface area (Å²) in [6, 6.07) is 8.80. The van der Waals surface area contributed by atoms with Gasteiger partial charge in [0.05, 0.1) is 18.6 Å². The zero-order valence-electron chi connectivity index (χ0n) is 16.4. The lowest BCUT2D eigenvalue weighted by molar-refractivity contribution is -0.129. The molecule has 7 heteroatoms. The summed E-state index contributed by atoms with van der Waals surface area (Å²) in [4.78, 5) is 32.0. The van der Waals surface area contributed by atoms with Gasteiger partial charge in [-0.1, -0.05) is 18.0 Å². The summed E-state index contributed by atoms with van der Waals surface area (Å²) < 4.78 is 5.34. The van der Waals surface area contributed by atoms with Gasteiger partial charge in [-0.2, -0.15) is 0 Å². The number of ether oxygens (including phenoxy) is 1. The fourth-order valence-electron chi connectivity index (χ4n) is 4.45. The number of aromatic nitrogens is 1. The molecule has 1 aromatic carbocycles. The molecule has 6 nitrogen and oxygen atoms in total. The third-order valence-electron chi connectivity index (χ3n) is 6.21. The first-order chi connectivity index (χ1) is 14.0. The molecule has 2 fully saturated rings. The Morgan fingerprint density at radius 1 is 1.28 bits per heavy atom. The van der Waals surface area contributed by atoms with Crippen molar-refractivity contribution in [2.75, 3.05) is 20.2 Å². The van der Waals surface area contributed by atoms with Crippen LogP contribution in [0.1, 0.15) is 35.2 Å². The van der Waals surface area contributed by atoms with E-state index in [1.54, 1.807) is 35.5 Å². The van der Waals surface area contributed by atoms with E-state index < -0.39 is 0 Å². The number of halogens is 1. The van der Waals surface area contributed by atoms with Gasteiger partial charge in [-0.15, -0.1) is 0 Å². The highest BCUT2D eigenvalue weighted by molar-refractivity contribution is 6.31. The molecule has 1 spiro atoms. The number of nitrogens with zero attached hydrogens (tertiary/aromatic N) is 2. The van der Waals surface area contributed by atoms with Crippen LogP contribution < -0.4 is 10.1 Å². The van der Waals surface area contributed by atoms with E-state index in [2.05, 4.69) is 10.3 Å². The maximum Gasteiger partial charge on any atom is 0.257 e. The summed E-state index contributed by atoms with van der Waals surface area (Å²) in [5, 5.41) is 3.53. The molecular weight excluding hydrogens is 390 g/mol. The van der Waals surface area contributed by atoms with Crippen molar-refractivity contribution in [1.29, 1.82) is 0 Å². The summed E-state index contributed by atoms with van der Waals surface area (Å²) in [5.74, 6) is 0.162. The third kappa shape index (κ3) is 3.81. The summed E-state index contributed by atoms with van der Waals surface area (Å²) >= 11 is 6.10. The molecule has 2 amide bonds. The van der Waals surface area contributed by atoms with Crippen LogP contribution in [0.5, 0.6) is 5.75 Å². The van der Waals surface area contributed by atoms with Crippen molar-refractivity contribution in [2.45, 2.75) is 25.8 Å². The zero-order valence-corrected chi connectivity index (χ0v) is 17.1. The van der Waals surface area contributed by atoms with Crippen molar-refractivity contribution in [2.24, 2.45) is 11.3 Å². The molecule has 2 aliphatic rings. The second-order valence-corrected chi connectivity index (χ2v) is 8.31. The average molecular weight is 414 g/mol. The molecule has 1 aliphatic carbocycles. The Labute approximate surface area is 175 Å². The number of nitrogens with one attached hydrogen (secondary N) is 1. The largest absolute Gasteiger partial charge is 0.496 e. The maximum absolute atomic E-state index is 13.2. The molecule has 4 rings (SSSR count). The van der Waals surface area contributed by atoms with Crippen molar-refractivity contribution in [1.82, 2.24) is 15.2 Å². The Morgan fingerprint density at radius 3 is 2.69 bits per heavy atom. The molecule has 2 aromatic rings. The molecule has 1 saturated heterocycles. The first-order valence-electron chi connectivity index (χ1n) is 9.82. The number of hydrogen-bond donors (Lipinski definition) is 1. The normalized spacial score (nSPS) is 19.7. The molecule has 29 heavy (non-hydrogen) atoms. The second-order valence-electron chi connectivity index (χ2n) is 7.87. The SMILES string of the molecule is COc1ccc(Cl)cc1C(=O)N1CC(C(=O)NCc2ccncc2)C2(CCC2)C1. The summed E-state index contributed by atoms with van der Waals surface area (Å²) in [6.45, 7) is 1.47. The number of likely N-dealkylation sites (tertiary alicyclic amines) is 1. The molecule has 1 N–H and O–H groups in total. The van der Waals surface area contributed by atoms with Crippen molar-refractivity contribution < 1.29 is 14.3 Å². The van der Waals surface area contributed by atoms with Gasteiger partial charge in [0.1, 0.15) is 5.75 Å². The predicted octanol–water partition coefficient (Wildman–Crippen LogP) is 3.30. The van der Waals surface area contributed by atoms with Crippen molar-refractivity contribution in [3.05, 3.63) is 58.9 Å². The number of pyridine rings is 1. The van der Waals surface area contributed by atoms with Crippen molar-refractivity contribution in [3.8, 4) is 5.75 Å². The lowest BCUT2D eigenvalue weighted by atomic mass is 9.62. The molecule has 2 heterocycles. The lowest BCUT2D eigenvalue weighted by Crippen LogP contribution is -2.45. The fourth-order valence-corrected chi connectivity index (χ4v) is 4.62. The van der Waals surface area contributed by atoms with Gasteiger partial charge in [-0.25, -0.2) is 0 Å². The van der Waals surface area contributed by atoms with E-state index in [4.69, 9.17) is 16.3 Å². The Hall–Kier alpha value is -2.60. The minimum atomic E-state index is -0.202. The summed E-state index contributed by atoms with van der Waals surface area (Å²) in [7, 11) is 1.53. The van der Waals surface area contributed by atoms with Crippen LogP contribution in [0.2, 0.25) is 5.02 Å². The van der Waals surface area contributed by atoms with Gasteiger partial charge in [-0.05, 0) is 48.7 Å². The number of benzene rings is 1. The molecule has 1 saturated carbocycles. The first kappa shape index (κ1) is 19.7. The van der Waals surface area contributed by atoms with E-state index in [9.17, 15) is 9.59 Å². The van der Waals surface area contributed by atoms with Gasteiger partial charge in [0.15, 0.2) is 0 Å². The monoisotopic (exact) mass is 413 g/mol. The molecule has 1 atom stereocenters. The van der Waals surface area contributed by atoms with E-state index in [0.717, 1.165) is 24.8 Å². The molecule has 0 radical (unpaired) electrons. The molecule has 152 valence electrons. The van der Waals surface area contributed by atoms with Gasteiger partial charge >= 0.3 is 0 Å². The van der Waals surface area contributed by atoms with Crippen LogP contribution in [-0.4, -0.2) is 41.9 Å². The highest BCUT2D eigenvalue weighted by atomic mass is 35.5. The quantitative estimate of drug-likeness (QED) is 0.816. The van der Waals surface area contributed by atoms with E-state index in [-0.39, 0.29) is 23.1 Å². The maximum atomic E-state index is 13.2. The minimum absolute atomic E-state index is 0.00914. The van der Waals surface area contributed by atoms with Crippen LogP contribution in [0, 0.1) is 11.3 Å². The van der Waals surface area contributed by atoms with E-state index in [0.29, 0.717) is 36.0 Å². The average Bonchev–Trinajstić information content (AvgIpc) is 3.14. The molecule has 1 unspecified atom stereocenters. The van der Waals surface area contributed by atoms with Crippen LogP contribution in [0.4, 0.5) is 0 Å². The smallest absolute Gasteiger partial charge is 0.257 e. The zero-order chi connectivity index (χ0) is 20.4. The highest BCUT2D eigenvalue weighted by Gasteiger charge is 2.54. The van der Waals surface area contributed by atoms with Crippen LogP contribution >= 0.6 is 11.6 Å². The molecule has 0 bridgehead atoms. The van der Waals surface area contributed by atoms with Gasteiger partial charge in [0.2, 0.25) is 5.91 Å². The topological polar surface area (TPSA) is 71.5 Å². The Bertz CT molecular complexity index is 915. The van der Waals surface area contributed by atoms with E-state index >= 15 is 0 Å². The lowest BCUT2D eigenvalue weighted by Gasteiger charge is -2.41. The van der Waals surface area contributed by atoms with Crippen molar-refractivity contribution >= 4 is 23.4 Å².